The number of benzene rings is 1. The second-order valence-electron chi connectivity index (χ2n) is 5.44. The number of alkyl halides is 1. The lowest BCUT2D eigenvalue weighted by Gasteiger charge is -2.30. The molecule has 17 heavy (non-hydrogen) atoms. The van der Waals surface area contributed by atoms with Gasteiger partial charge in [-0.15, -0.1) is 11.8 Å². The second-order valence-corrected chi connectivity index (χ2v) is 7.07. The highest BCUT2D eigenvalue weighted by Crippen LogP contribution is 2.46. The number of hydrogen-bond acceptors (Lipinski definition) is 1. The average Bonchev–Trinajstić information content (AvgIpc) is 2.73. The summed E-state index contributed by atoms with van der Waals surface area (Å²) < 4.78 is 0. The molecule has 1 aromatic rings. The van der Waals surface area contributed by atoms with Crippen molar-refractivity contribution >= 4 is 27.7 Å². The van der Waals surface area contributed by atoms with Crippen LogP contribution in [0.5, 0.6) is 0 Å². The largest absolute Gasteiger partial charge is 0.125 e. The Morgan fingerprint density at radius 3 is 2.88 bits per heavy atom. The van der Waals surface area contributed by atoms with Gasteiger partial charge in [-0.2, -0.15) is 0 Å². The lowest BCUT2D eigenvalue weighted by atomic mass is 9.78. The molecule has 2 atom stereocenters. The molecule has 1 aromatic carbocycles. The van der Waals surface area contributed by atoms with E-state index in [1.807, 2.05) is 11.8 Å². The Morgan fingerprint density at radius 2 is 2.18 bits per heavy atom. The zero-order chi connectivity index (χ0) is 12.3. The number of thioether (sulfide) groups is 1. The third-order valence-electron chi connectivity index (χ3n) is 3.71. The summed E-state index contributed by atoms with van der Waals surface area (Å²) in [6.07, 6.45) is 3.92. The van der Waals surface area contributed by atoms with Gasteiger partial charge in [-0.25, -0.2) is 0 Å². The van der Waals surface area contributed by atoms with Gasteiger partial charge in [0, 0.05) is 16.0 Å². The molecule has 1 aliphatic rings. The molecule has 0 amide bonds. The van der Waals surface area contributed by atoms with Crippen LogP contribution >= 0.6 is 27.7 Å². The third-order valence-corrected chi connectivity index (χ3v) is 6.32. The molecule has 0 N–H and O–H groups in total. The Labute approximate surface area is 118 Å². The summed E-state index contributed by atoms with van der Waals surface area (Å²) in [5.74, 6) is 2.02. The molecule has 0 nitrogen and oxygen atoms in total. The molecule has 0 aromatic heterocycles. The Morgan fingerprint density at radius 1 is 1.41 bits per heavy atom. The summed E-state index contributed by atoms with van der Waals surface area (Å²) in [5, 5.41) is 1.12. The van der Waals surface area contributed by atoms with E-state index in [-0.39, 0.29) is 0 Å². The summed E-state index contributed by atoms with van der Waals surface area (Å²) in [7, 11) is 0. The van der Waals surface area contributed by atoms with Crippen molar-refractivity contribution in [3.05, 3.63) is 29.8 Å². The van der Waals surface area contributed by atoms with Gasteiger partial charge in [-0.05, 0) is 35.8 Å². The normalized spacial score (nSPS) is 22.2. The highest BCUT2D eigenvalue weighted by Gasteiger charge is 2.31. The molecule has 94 valence electrons. The first-order valence-electron chi connectivity index (χ1n) is 6.46. The first-order valence-corrected chi connectivity index (χ1v) is 8.57. The van der Waals surface area contributed by atoms with Gasteiger partial charge in [0.2, 0.25) is 0 Å². The van der Waals surface area contributed by atoms with Crippen molar-refractivity contribution < 1.29 is 0 Å². The number of rotatable bonds is 5. The molecule has 0 saturated carbocycles. The Balaban J connectivity index is 2.10. The van der Waals surface area contributed by atoms with Crippen LogP contribution < -0.4 is 0 Å². The molecular formula is C15H21BrS. The molecule has 1 heterocycles. The summed E-state index contributed by atoms with van der Waals surface area (Å²) in [6.45, 7) is 4.72. The van der Waals surface area contributed by atoms with Crippen LogP contribution in [-0.2, 0) is 0 Å². The van der Waals surface area contributed by atoms with Gasteiger partial charge < -0.3 is 0 Å². The summed E-state index contributed by atoms with van der Waals surface area (Å²) in [6, 6.07) is 8.93. The van der Waals surface area contributed by atoms with Crippen LogP contribution in [0.15, 0.2) is 29.2 Å². The minimum absolute atomic E-state index is 0.456. The van der Waals surface area contributed by atoms with Crippen molar-refractivity contribution in [2.45, 2.75) is 43.9 Å². The average molecular weight is 313 g/mol. The molecule has 1 aliphatic heterocycles. The van der Waals surface area contributed by atoms with Gasteiger partial charge in [0.25, 0.3) is 0 Å². The lowest BCUT2D eigenvalue weighted by molar-refractivity contribution is 0.296. The standard InChI is InChI=1S/C15H21BrS/c1-3-8-15(2,11-16)9-12-10-17-14-7-5-4-6-13(12)14/h4-7,12H,3,8-11H2,1-2H3. The smallest absolute Gasteiger partial charge is 0.0107 e. The Kier molecular flexibility index (Phi) is 4.59. The first kappa shape index (κ1) is 13.5. The van der Waals surface area contributed by atoms with Crippen molar-refractivity contribution in [1.29, 1.82) is 0 Å². The molecule has 2 heteroatoms. The molecule has 2 unspecified atom stereocenters. The van der Waals surface area contributed by atoms with E-state index in [9.17, 15) is 0 Å². The SMILES string of the molecule is CCCC(C)(CBr)CC1CSc2ccccc21. The fraction of sp³-hybridized carbons (Fsp3) is 0.600. The Bertz CT molecular complexity index is 377. The second kappa shape index (κ2) is 5.79. The van der Waals surface area contributed by atoms with E-state index in [0.717, 1.165) is 11.2 Å². The lowest BCUT2D eigenvalue weighted by Crippen LogP contribution is -2.21. The molecule has 0 aliphatic carbocycles. The maximum Gasteiger partial charge on any atom is 0.0107 e. The Hall–Kier alpha value is 0.0500. The van der Waals surface area contributed by atoms with Crippen molar-refractivity contribution in [3.63, 3.8) is 0 Å². The fourth-order valence-corrected chi connectivity index (χ4v) is 4.58. The van der Waals surface area contributed by atoms with Crippen LogP contribution in [0.25, 0.3) is 0 Å². The van der Waals surface area contributed by atoms with Gasteiger partial charge in [-0.1, -0.05) is 54.4 Å². The third kappa shape index (κ3) is 3.08. The van der Waals surface area contributed by atoms with Crippen LogP contribution in [0.2, 0.25) is 0 Å². The van der Waals surface area contributed by atoms with Gasteiger partial charge in [0.15, 0.2) is 0 Å². The van der Waals surface area contributed by atoms with Crippen molar-refractivity contribution in [2.24, 2.45) is 5.41 Å². The van der Waals surface area contributed by atoms with Crippen LogP contribution in [0.1, 0.15) is 44.6 Å². The number of halogens is 1. The van der Waals surface area contributed by atoms with Gasteiger partial charge in [0.1, 0.15) is 0 Å². The zero-order valence-corrected chi connectivity index (χ0v) is 13.1. The highest BCUT2D eigenvalue weighted by atomic mass is 79.9. The molecular weight excluding hydrogens is 292 g/mol. The topological polar surface area (TPSA) is 0 Å². The number of hydrogen-bond donors (Lipinski definition) is 0. The monoisotopic (exact) mass is 312 g/mol. The quantitative estimate of drug-likeness (QED) is 0.650. The van der Waals surface area contributed by atoms with Crippen LogP contribution in [0, 0.1) is 5.41 Å². The van der Waals surface area contributed by atoms with Crippen LogP contribution in [0.3, 0.4) is 0 Å². The molecule has 0 radical (unpaired) electrons. The van der Waals surface area contributed by atoms with Crippen molar-refractivity contribution in [3.8, 4) is 0 Å². The fourth-order valence-electron chi connectivity index (χ4n) is 2.82. The van der Waals surface area contributed by atoms with Crippen LogP contribution in [-0.4, -0.2) is 11.1 Å². The molecule has 0 fully saturated rings. The van der Waals surface area contributed by atoms with E-state index in [0.29, 0.717) is 5.41 Å². The van der Waals surface area contributed by atoms with E-state index in [2.05, 4.69) is 54.0 Å². The van der Waals surface area contributed by atoms with Gasteiger partial charge in [0.05, 0.1) is 0 Å². The van der Waals surface area contributed by atoms with E-state index in [4.69, 9.17) is 0 Å². The van der Waals surface area contributed by atoms with E-state index < -0.39 is 0 Å². The summed E-state index contributed by atoms with van der Waals surface area (Å²) in [5.41, 5.74) is 2.04. The molecule has 0 saturated heterocycles. The summed E-state index contributed by atoms with van der Waals surface area (Å²) >= 11 is 5.74. The number of fused-ring (bicyclic) bond motifs is 1. The predicted octanol–water partition coefficient (Wildman–Crippen LogP) is 5.47. The van der Waals surface area contributed by atoms with E-state index in [1.165, 1.54) is 29.9 Å². The highest BCUT2D eigenvalue weighted by molar-refractivity contribution is 9.09. The molecule has 0 bridgehead atoms. The van der Waals surface area contributed by atoms with E-state index in [1.54, 1.807) is 5.56 Å². The van der Waals surface area contributed by atoms with Crippen molar-refractivity contribution in [2.75, 3.05) is 11.1 Å². The van der Waals surface area contributed by atoms with Crippen molar-refractivity contribution in [1.82, 2.24) is 0 Å². The minimum Gasteiger partial charge on any atom is -0.125 e. The first-order chi connectivity index (χ1) is 8.18. The van der Waals surface area contributed by atoms with E-state index >= 15 is 0 Å². The predicted molar refractivity (Wildman–Crippen MR) is 81.3 cm³/mol. The van der Waals surface area contributed by atoms with Crippen LogP contribution in [0.4, 0.5) is 0 Å². The molecule has 2 rings (SSSR count). The van der Waals surface area contributed by atoms with Gasteiger partial charge >= 0.3 is 0 Å². The maximum absolute atomic E-state index is 3.71. The minimum atomic E-state index is 0.456. The summed E-state index contributed by atoms with van der Waals surface area (Å²) in [4.78, 5) is 1.51. The zero-order valence-electron chi connectivity index (χ0n) is 10.7. The maximum atomic E-state index is 3.71. The molecule has 0 spiro atoms. The van der Waals surface area contributed by atoms with Gasteiger partial charge in [-0.3, -0.25) is 0 Å².